The van der Waals surface area contributed by atoms with Gasteiger partial charge in [-0.1, -0.05) is 5.16 Å². The highest BCUT2D eigenvalue weighted by Crippen LogP contribution is 2.13. The second-order valence-corrected chi connectivity index (χ2v) is 2.61. The van der Waals surface area contributed by atoms with Crippen LogP contribution in [0.3, 0.4) is 0 Å². The minimum atomic E-state index is 0.186. The molecule has 2 rings (SSSR count). The first-order chi connectivity index (χ1) is 5.88. The molecule has 62 valence electrons. The Morgan fingerprint density at radius 2 is 2.50 bits per heavy atom. The van der Waals surface area contributed by atoms with Crippen molar-refractivity contribution in [3.05, 3.63) is 36.7 Å². The average molecular weight is 163 g/mol. The molecule has 0 radical (unpaired) electrons. The van der Waals surface area contributed by atoms with Crippen molar-refractivity contribution < 1.29 is 4.52 Å². The van der Waals surface area contributed by atoms with Gasteiger partial charge in [-0.15, -0.1) is 0 Å². The van der Waals surface area contributed by atoms with Gasteiger partial charge >= 0.3 is 0 Å². The summed E-state index contributed by atoms with van der Waals surface area (Å²) in [6.07, 6.45) is 6.98. The fourth-order valence-electron chi connectivity index (χ4n) is 1.09. The van der Waals surface area contributed by atoms with Crippen LogP contribution in [0, 0.1) is 0 Å². The molecule has 0 saturated carbocycles. The summed E-state index contributed by atoms with van der Waals surface area (Å²) < 4.78 is 6.72. The molecular weight excluding hydrogens is 154 g/mol. The highest BCUT2D eigenvalue weighted by Gasteiger charge is 2.08. The lowest BCUT2D eigenvalue weighted by molar-refractivity contribution is 0.402. The molecule has 0 spiro atoms. The van der Waals surface area contributed by atoms with Crippen molar-refractivity contribution in [1.29, 1.82) is 0 Å². The van der Waals surface area contributed by atoms with E-state index in [1.165, 1.54) is 0 Å². The molecule has 2 heterocycles. The summed E-state index contributed by atoms with van der Waals surface area (Å²) in [6.45, 7) is 2.04. The summed E-state index contributed by atoms with van der Waals surface area (Å²) in [7, 11) is 0. The maximum absolute atomic E-state index is 4.75. The molecule has 0 N–H and O–H groups in total. The fourth-order valence-corrected chi connectivity index (χ4v) is 1.09. The lowest BCUT2D eigenvalue weighted by Gasteiger charge is -2.07. The van der Waals surface area contributed by atoms with Crippen LogP contribution >= 0.6 is 0 Å². The van der Waals surface area contributed by atoms with Crippen molar-refractivity contribution in [3.63, 3.8) is 0 Å². The molecule has 0 aliphatic heterocycles. The van der Waals surface area contributed by atoms with Gasteiger partial charge in [0.25, 0.3) is 0 Å². The zero-order chi connectivity index (χ0) is 8.39. The van der Waals surface area contributed by atoms with Crippen LogP contribution in [0.2, 0.25) is 0 Å². The normalized spacial score (nSPS) is 13.1. The Morgan fingerprint density at radius 3 is 3.08 bits per heavy atom. The first-order valence-corrected chi connectivity index (χ1v) is 3.75. The van der Waals surface area contributed by atoms with Gasteiger partial charge < -0.3 is 9.09 Å². The van der Waals surface area contributed by atoms with E-state index in [0.717, 1.165) is 5.69 Å². The van der Waals surface area contributed by atoms with E-state index in [-0.39, 0.29) is 6.04 Å². The summed E-state index contributed by atoms with van der Waals surface area (Å²) >= 11 is 0. The van der Waals surface area contributed by atoms with Crippen molar-refractivity contribution in [3.8, 4) is 0 Å². The van der Waals surface area contributed by atoms with Gasteiger partial charge in [-0.3, -0.25) is 0 Å². The van der Waals surface area contributed by atoms with E-state index < -0.39 is 0 Å². The van der Waals surface area contributed by atoms with Crippen LogP contribution in [0.4, 0.5) is 0 Å². The molecule has 2 aromatic heterocycles. The molecule has 1 unspecified atom stereocenters. The molecule has 0 aliphatic rings. The quantitative estimate of drug-likeness (QED) is 0.673. The van der Waals surface area contributed by atoms with Gasteiger partial charge in [-0.2, -0.15) is 0 Å². The number of hydrogen-bond acceptors (Lipinski definition) is 3. The summed E-state index contributed by atoms with van der Waals surface area (Å²) in [4.78, 5) is 3.96. The van der Waals surface area contributed by atoms with Crippen LogP contribution in [0.5, 0.6) is 0 Å². The smallest absolute Gasteiger partial charge is 0.124 e. The lowest BCUT2D eigenvalue weighted by atomic mass is 10.2. The Labute approximate surface area is 69.8 Å². The molecule has 4 heteroatoms. The Balaban J connectivity index is 2.27. The molecule has 0 aromatic carbocycles. The molecule has 0 aliphatic carbocycles. The third kappa shape index (κ3) is 1.11. The Bertz CT molecular complexity index is 291. The van der Waals surface area contributed by atoms with Crippen LogP contribution < -0.4 is 0 Å². The van der Waals surface area contributed by atoms with Crippen molar-refractivity contribution in [2.45, 2.75) is 13.0 Å². The minimum absolute atomic E-state index is 0.186. The monoisotopic (exact) mass is 163 g/mol. The van der Waals surface area contributed by atoms with Crippen molar-refractivity contribution in [1.82, 2.24) is 14.7 Å². The van der Waals surface area contributed by atoms with Crippen molar-refractivity contribution in [2.24, 2.45) is 0 Å². The maximum atomic E-state index is 4.75. The average Bonchev–Trinajstić information content (AvgIpc) is 2.77. The van der Waals surface area contributed by atoms with Crippen LogP contribution in [-0.4, -0.2) is 14.7 Å². The highest BCUT2D eigenvalue weighted by atomic mass is 16.5. The van der Waals surface area contributed by atoms with E-state index in [2.05, 4.69) is 10.1 Å². The van der Waals surface area contributed by atoms with Gasteiger partial charge in [0, 0.05) is 18.5 Å². The zero-order valence-electron chi connectivity index (χ0n) is 6.71. The van der Waals surface area contributed by atoms with Crippen LogP contribution in [0.1, 0.15) is 18.7 Å². The van der Waals surface area contributed by atoms with Gasteiger partial charge in [-0.25, -0.2) is 4.98 Å². The summed E-state index contributed by atoms with van der Waals surface area (Å²) in [5.41, 5.74) is 0.910. The van der Waals surface area contributed by atoms with E-state index in [1.807, 2.05) is 23.8 Å². The highest BCUT2D eigenvalue weighted by molar-refractivity contribution is 5.03. The van der Waals surface area contributed by atoms with Crippen LogP contribution in [0.25, 0.3) is 0 Å². The van der Waals surface area contributed by atoms with E-state index in [4.69, 9.17) is 4.52 Å². The van der Waals surface area contributed by atoms with Crippen molar-refractivity contribution in [2.75, 3.05) is 0 Å². The van der Waals surface area contributed by atoms with Crippen LogP contribution in [-0.2, 0) is 0 Å². The molecule has 0 fully saturated rings. The third-order valence-electron chi connectivity index (χ3n) is 1.86. The van der Waals surface area contributed by atoms with E-state index >= 15 is 0 Å². The third-order valence-corrected chi connectivity index (χ3v) is 1.86. The second kappa shape index (κ2) is 2.81. The predicted molar refractivity (Wildman–Crippen MR) is 42.5 cm³/mol. The van der Waals surface area contributed by atoms with Gasteiger partial charge in [0.05, 0.1) is 12.4 Å². The summed E-state index contributed by atoms with van der Waals surface area (Å²) in [5, 5.41) is 3.85. The molecule has 12 heavy (non-hydrogen) atoms. The largest absolute Gasteiger partial charge is 0.364 e. The summed E-state index contributed by atoms with van der Waals surface area (Å²) in [5.74, 6) is 0. The molecular formula is C8H9N3O. The second-order valence-electron chi connectivity index (χ2n) is 2.61. The van der Waals surface area contributed by atoms with E-state index in [0.29, 0.717) is 0 Å². The topological polar surface area (TPSA) is 43.9 Å². The number of rotatable bonds is 2. The minimum Gasteiger partial charge on any atom is -0.364 e. The van der Waals surface area contributed by atoms with E-state index in [9.17, 15) is 0 Å². The number of imidazole rings is 1. The fraction of sp³-hybridized carbons (Fsp3) is 0.250. The number of aromatic nitrogens is 3. The number of nitrogens with zero attached hydrogens (tertiary/aromatic N) is 3. The van der Waals surface area contributed by atoms with E-state index in [1.54, 1.807) is 18.8 Å². The molecule has 0 amide bonds. The Morgan fingerprint density at radius 1 is 1.58 bits per heavy atom. The van der Waals surface area contributed by atoms with Gasteiger partial charge in [0.15, 0.2) is 0 Å². The summed E-state index contributed by atoms with van der Waals surface area (Å²) in [6, 6.07) is 2.04. The Kier molecular flexibility index (Phi) is 1.66. The first kappa shape index (κ1) is 7.09. The molecule has 1 atom stereocenters. The van der Waals surface area contributed by atoms with Gasteiger partial charge in [0.1, 0.15) is 12.0 Å². The molecule has 2 aromatic rings. The standard InChI is InChI=1S/C8H9N3O/c1-7(8-2-5-12-10-8)11-4-3-9-6-11/h2-7H,1H3. The number of hydrogen-bond donors (Lipinski definition) is 0. The lowest BCUT2D eigenvalue weighted by Crippen LogP contribution is -2.03. The van der Waals surface area contributed by atoms with Crippen LogP contribution in [0.15, 0.2) is 35.6 Å². The van der Waals surface area contributed by atoms with Gasteiger partial charge in [-0.05, 0) is 6.92 Å². The SMILES string of the molecule is CC(c1ccon1)n1ccnc1. The predicted octanol–water partition coefficient (Wildman–Crippen LogP) is 1.48. The molecule has 4 nitrogen and oxygen atoms in total. The zero-order valence-corrected chi connectivity index (χ0v) is 6.71. The van der Waals surface area contributed by atoms with Gasteiger partial charge in [0.2, 0.25) is 0 Å². The molecule has 0 bridgehead atoms. The van der Waals surface area contributed by atoms with Crippen molar-refractivity contribution >= 4 is 0 Å². The molecule has 0 saturated heterocycles. The Hall–Kier alpha value is -1.58. The maximum Gasteiger partial charge on any atom is 0.124 e. The first-order valence-electron chi connectivity index (χ1n) is 3.75.